The number of hydrogen-bond acceptors (Lipinski definition) is 4. The Kier molecular flexibility index (Phi) is 6.91. The average molecular weight is 462 g/mol. The first kappa shape index (κ1) is 21.7. The average Bonchev–Trinajstić information content (AvgIpc) is 2.93. The van der Waals surface area contributed by atoms with E-state index in [1.165, 1.54) is 4.57 Å². The molecule has 27 heavy (non-hydrogen) atoms. The molecule has 0 saturated heterocycles. The topological polar surface area (TPSA) is 47.8 Å². The van der Waals surface area contributed by atoms with E-state index in [1.807, 2.05) is 26.8 Å². The van der Waals surface area contributed by atoms with E-state index in [0.29, 0.717) is 11.5 Å². The standard InChI is InChI=1S/C16H13BrF3N3OS.C2H6/c1-3-25-12-6-9(17)7-21-13(12)15-22-10-4-8(16(18,19)20)5-11(24)14(10)23(15)2;1-2/h4,6-7H,3,5H2,1-2H3;1-2H3. The van der Waals surface area contributed by atoms with Crippen LogP contribution in [-0.2, 0) is 7.05 Å². The lowest BCUT2D eigenvalue weighted by atomic mass is 9.98. The number of ketones is 1. The maximum Gasteiger partial charge on any atom is 0.413 e. The molecule has 0 N–H and O–H groups in total. The van der Waals surface area contributed by atoms with Gasteiger partial charge in [-0.05, 0) is 33.8 Å². The van der Waals surface area contributed by atoms with Crippen molar-refractivity contribution in [3.63, 3.8) is 0 Å². The third-order valence-corrected chi connectivity index (χ3v) is 5.09. The molecule has 9 heteroatoms. The van der Waals surface area contributed by atoms with Gasteiger partial charge in [0.25, 0.3) is 0 Å². The van der Waals surface area contributed by atoms with Crippen molar-refractivity contribution in [1.82, 2.24) is 14.5 Å². The highest BCUT2D eigenvalue weighted by Crippen LogP contribution is 2.37. The van der Waals surface area contributed by atoms with E-state index >= 15 is 0 Å². The molecule has 1 aliphatic carbocycles. The van der Waals surface area contributed by atoms with Gasteiger partial charge in [-0.1, -0.05) is 20.8 Å². The maximum absolute atomic E-state index is 13.0. The molecule has 3 rings (SSSR count). The van der Waals surface area contributed by atoms with E-state index in [-0.39, 0.29) is 11.4 Å². The molecule has 0 atom stereocenters. The zero-order valence-corrected chi connectivity index (χ0v) is 17.7. The fourth-order valence-corrected chi connectivity index (χ4v) is 3.96. The van der Waals surface area contributed by atoms with E-state index in [4.69, 9.17) is 0 Å². The first-order valence-corrected chi connectivity index (χ1v) is 10.2. The zero-order valence-electron chi connectivity index (χ0n) is 15.3. The van der Waals surface area contributed by atoms with E-state index in [9.17, 15) is 18.0 Å². The maximum atomic E-state index is 13.0. The second-order valence-corrected chi connectivity index (χ2v) is 7.65. The van der Waals surface area contributed by atoms with Gasteiger partial charge in [-0.15, -0.1) is 11.8 Å². The largest absolute Gasteiger partial charge is 0.413 e. The van der Waals surface area contributed by atoms with Crippen molar-refractivity contribution in [2.24, 2.45) is 7.05 Å². The predicted molar refractivity (Wildman–Crippen MR) is 105 cm³/mol. The Bertz CT molecular complexity index is 891. The minimum Gasteiger partial charge on any atom is -0.323 e. The van der Waals surface area contributed by atoms with Crippen molar-refractivity contribution in [1.29, 1.82) is 0 Å². The molecule has 2 heterocycles. The van der Waals surface area contributed by atoms with Gasteiger partial charge in [0.2, 0.25) is 0 Å². The molecule has 4 nitrogen and oxygen atoms in total. The number of Topliss-reactive ketones (excluding diaryl/α,β-unsaturated/α-hetero) is 1. The number of carbonyl (C=O) groups excluding carboxylic acids is 1. The zero-order chi connectivity index (χ0) is 20.4. The Balaban J connectivity index is 0.00000126. The normalized spacial score (nSPS) is 13.6. The number of alkyl halides is 3. The third-order valence-electron chi connectivity index (χ3n) is 3.74. The highest BCUT2D eigenvalue weighted by Gasteiger charge is 2.39. The lowest BCUT2D eigenvalue weighted by Gasteiger charge is -2.15. The number of thioether (sulfide) groups is 1. The van der Waals surface area contributed by atoms with Crippen LogP contribution in [0.15, 0.2) is 27.2 Å². The summed E-state index contributed by atoms with van der Waals surface area (Å²) in [5.74, 6) is 0.584. The number of pyridine rings is 1. The summed E-state index contributed by atoms with van der Waals surface area (Å²) < 4.78 is 41.2. The van der Waals surface area contributed by atoms with Crippen molar-refractivity contribution in [2.45, 2.75) is 38.3 Å². The SMILES string of the molecule is CC.CCSc1cc(Br)cnc1-c1nc2c(n1C)C(=O)CC(C(F)(F)F)=C2. The molecule has 2 aromatic rings. The summed E-state index contributed by atoms with van der Waals surface area (Å²) in [6.45, 7) is 5.99. The molecule has 0 radical (unpaired) electrons. The van der Waals surface area contributed by atoms with Crippen LogP contribution in [0.25, 0.3) is 17.6 Å². The Morgan fingerprint density at radius 2 is 2.00 bits per heavy atom. The van der Waals surface area contributed by atoms with Crippen LogP contribution in [0.2, 0.25) is 0 Å². The smallest absolute Gasteiger partial charge is 0.323 e. The molecular formula is C18H19BrF3N3OS. The molecule has 0 fully saturated rings. The van der Waals surface area contributed by atoms with Crippen molar-refractivity contribution < 1.29 is 18.0 Å². The van der Waals surface area contributed by atoms with Crippen molar-refractivity contribution >= 4 is 39.6 Å². The molecule has 0 saturated carbocycles. The molecular weight excluding hydrogens is 443 g/mol. The summed E-state index contributed by atoms with van der Waals surface area (Å²) in [5.41, 5.74) is -0.110. The minimum absolute atomic E-state index is 0.0400. The number of halogens is 4. The summed E-state index contributed by atoms with van der Waals surface area (Å²) in [4.78, 5) is 21.7. The summed E-state index contributed by atoms with van der Waals surface area (Å²) in [7, 11) is 1.62. The van der Waals surface area contributed by atoms with Crippen LogP contribution < -0.4 is 0 Å². The Labute approximate surface area is 168 Å². The number of carbonyl (C=O) groups is 1. The van der Waals surface area contributed by atoms with Crippen LogP contribution in [0, 0.1) is 0 Å². The molecule has 0 spiro atoms. The highest BCUT2D eigenvalue weighted by atomic mass is 79.9. The number of hydrogen-bond donors (Lipinski definition) is 0. The van der Waals surface area contributed by atoms with Gasteiger partial charge in [-0.3, -0.25) is 9.78 Å². The van der Waals surface area contributed by atoms with Crippen LogP contribution in [0.4, 0.5) is 13.2 Å². The molecule has 0 aliphatic heterocycles. The van der Waals surface area contributed by atoms with Gasteiger partial charge in [-0.2, -0.15) is 13.2 Å². The second kappa shape index (κ2) is 8.60. The van der Waals surface area contributed by atoms with Gasteiger partial charge in [-0.25, -0.2) is 4.98 Å². The summed E-state index contributed by atoms with van der Waals surface area (Å²) in [5, 5.41) is 0. The van der Waals surface area contributed by atoms with E-state index < -0.39 is 24.0 Å². The number of allylic oxidation sites excluding steroid dienone is 1. The number of nitrogens with zero attached hydrogens (tertiary/aromatic N) is 3. The first-order valence-electron chi connectivity index (χ1n) is 8.38. The van der Waals surface area contributed by atoms with Gasteiger partial charge in [0.15, 0.2) is 11.6 Å². The molecule has 0 unspecified atom stereocenters. The Hall–Kier alpha value is -1.61. The molecule has 1 aliphatic rings. The van der Waals surface area contributed by atoms with Crippen molar-refractivity contribution in [3.05, 3.63) is 33.7 Å². The molecule has 146 valence electrons. The van der Waals surface area contributed by atoms with Gasteiger partial charge in [0, 0.05) is 34.6 Å². The first-order chi connectivity index (χ1) is 12.7. The highest BCUT2D eigenvalue weighted by molar-refractivity contribution is 9.10. The quantitative estimate of drug-likeness (QED) is 0.532. The van der Waals surface area contributed by atoms with Gasteiger partial charge >= 0.3 is 6.18 Å². The van der Waals surface area contributed by atoms with Crippen molar-refractivity contribution in [3.8, 4) is 11.5 Å². The van der Waals surface area contributed by atoms with Crippen LogP contribution in [-0.4, -0.2) is 32.2 Å². The van der Waals surface area contributed by atoms with Crippen LogP contribution in [0.3, 0.4) is 0 Å². The fourth-order valence-electron chi connectivity index (χ4n) is 2.67. The van der Waals surface area contributed by atoms with Crippen LogP contribution >= 0.6 is 27.7 Å². The van der Waals surface area contributed by atoms with E-state index in [0.717, 1.165) is 21.2 Å². The van der Waals surface area contributed by atoms with Crippen molar-refractivity contribution in [2.75, 3.05) is 5.75 Å². The molecule has 0 bridgehead atoms. The lowest BCUT2D eigenvalue weighted by molar-refractivity contribution is -0.0923. The molecule has 0 amide bonds. The minimum atomic E-state index is -4.54. The van der Waals surface area contributed by atoms with E-state index in [2.05, 4.69) is 25.9 Å². The monoisotopic (exact) mass is 461 g/mol. The molecule has 2 aromatic heterocycles. The van der Waals surface area contributed by atoms with Crippen LogP contribution in [0.1, 0.15) is 43.4 Å². The van der Waals surface area contributed by atoms with Crippen LogP contribution in [0.5, 0.6) is 0 Å². The number of fused-ring (bicyclic) bond motifs is 1. The Morgan fingerprint density at radius 1 is 1.33 bits per heavy atom. The predicted octanol–water partition coefficient (Wildman–Crippen LogP) is 5.91. The van der Waals surface area contributed by atoms with Gasteiger partial charge in [0.1, 0.15) is 11.4 Å². The lowest BCUT2D eigenvalue weighted by Crippen LogP contribution is -2.20. The summed E-state index contributed by atoms with van der Waals surface area (Å²) in [6.07, 6.45) is -2.66. The second-order valence-electron chi connectivity index (χ2n) is 5.43. The molecule has 0 aromatic carbocycles. The summed E-state index contributed by atoms with van der Waals surface area (Å²) >= 11 is 4.91. The number of aromatic nitrogens is 3. The Morgan fingerprint density at radius 3 is 2.59 bits per heavy atom. The van der Waals surface area contributed by atoms with Gasteiger partial charge in [0.05, 0.1) is 5.69 Å². The van der Waals surface area contributed by atoms with Gasteiger partial charge < -0.3 is 4.57 Å². The summed E-state index contributed by atoms with van der Waals surface area (Å²) in [6, 6.07) is 1.88. The number of rotatable bonds is 3. The van der Waals surface area contributed by atoms with E-state index in [1.54, 1.807) is 25.0 Å². The third kappa shape index (κ3) is 4.45. The number of imidazole rings is 1. The fraction of sp³-hybridized carbons (Fsp3) is 0.389.